The molecule has 1 aliphatic rings. The van der Waals surface area contributed by atoms with Crippen LogP contribution in [0.2, 0.25) is 0 Å². The fourth-order valence-electron chi connectivity index (χ4n) is 2.34. The SMILES string of the molecule is CCOC1=NNC(=O)/C1=C\c1cn(C)c2ccccc12. The third-order valence-corrected chi connectivity index (χ3v) is 3.24. The molecule has 0 unspecified atom stereocenters. The number of carbonyl (C=O) groups excluding carboxylic acids is 1. The maximum atomic E-state index is 11.8. The molecule has 2 heterocycles. The first kappa shape index (κ1) is 12.5. The monoisotopic (exact) mass is 269 g/mol. The third kappa shape index (κ3) is 1.97. The molecule has 0 saturated heterocycles. The zero-order valence-electron chi connectivity index (χ0n) is 11.4. The van der Waals surface area contributed by atoms with Crippen LogP contribution in [0.5, 0.6) is 0 Å². The lowest BCUT2D eigenvalue weighted by atomic mass is 10.1. The molecule has 0 spiro atoms. The molecule has 1 aliphatic heterocycles. The van der Waals surface area contributed by atoms with Gasteiger partial charge in [-0.05, 0) is 19.1 Å². The van der Waals surface area contributed by atoms with E-state index in [0.29, 0.717) is 18.1 Å². The minimum atomic E-state index is -0.235. The van der Waals surface area contributed by atoms with Crippen molar-refractivity contribution in [1.29, 1.82) is 0 Å². The average molecular weight is 269 g/mol. The van der Waals surface area contributed by atoms with Gasteiger partial charge in [-0.1, -0.05) is 18.2 Å². The lowest BCUT2D eigenvalue weighted by molar-refractivity contribution is -0.116. The molecule has 1 aromatic heterocycles. The number of amides is 1. The molecule has 1 amide bonds. The van der Waals surface area contributed by atoms with Crippen LogP contribution in [0.15, 0.2) is 41.1 Å². The quantitative estimate of drug-likeness (QED) is 0.848. The highest BCUT2D eigenvalue weighted by atomic mass is 16.5. The molecule has 0 aliphatic carbocycles. The summed E-state index contributed by atoms with van der Waals surface area (Å²) in [6, 6.07) is 8.06. The summed E-state index contributed by atoms with van der Waals surface area (Å²) in [6.45, 7) is 2.33. The maximum absolute atomic E-state index is 11.8. The van der Waals surface area contributed by atoms with Crippen LogP contribution < -0.4 is 5.43 Å². The van der Waals surface area contributed by atoms with Crippen molar-refractivity contribution in [2.24, 2.45) is 12.1 Å². The van der Waals surface area contributed by atoms with E-state index in [1.54, 1.807) is 0 Å². The van der Waals surface area contributed by atoms with Crippen molar-refractivity contribution in [3.05, 3.63) is 41.6 Å². The molecule has 1 N–H and O–H groups in total. The van der Waals surface area contributed by atoms with Gasteiger partial charge in [0.15, 0.2) is 0 Å². The number of hydrogen-bond donors (Lipinski definition) is 1. The standard InChI is InChI=1S/C15H15N3O2/c1-3-20-15-12(14(19)16-17-15)8-10-9-18(2)13-7-5-4-6-11(10)13/h4-9H,3H2,1-2H3,(H,16,19)/b12-8+. The van der Waals surface area contributed by atoms with Crippen LogP contribution in [0, 0.1) is 0 Å². The molecule has 102 valence electrons. The van der Waals surface area contributed by atoms with Gasteiger partial charge in [0.2, 0.25) is 5.90 Å². The largest absolute Gasteiger partial charge is 0.476 e. The summed E-state index contributed by atoms with van der Waals surface area (Å²) in [5, 5.41) is 4.99. The molecular formula is C15H15N3O2. The van der Waals surface area contributed by atoms with Crippen molar-refractivity contribution in [3.8, 4) is 0 Å². The van der Waals surface area contributed by atoms with Crippen molar-refractivity contribution in [2.45, 2.75) is 6.92 Å². The summed E-state index contributed by atoms with van der Waals surface area (Å²) < 4.78 is 7.40. The number of aromatic nitrogens is 1. The van der Waals surface area contributed by atoms with E-state index in [0.717, 1.165) is 16.5 Å². The fourth-order valence-corrected chi connectivity index (χ4v) is 2.34. The number of rotatable bonds is 2. The van der Waals surface area contributed by atoms with Gasteiger partial charge in [-0.3, -0.25) is 4.79 Å². The van der Waals surface area contributed by atoms with Crippen LogP contribution in [-0.2, 0) is 16.6 Å². The lowest BCUT2D eigenvalue weighted by Gasteiger charge is -2.01. The van der Waals surface area contributed by atoms with Gasteiger partial charge >= 0.3 is 0 Å². The summed E-state index contributed by atoms with van der Waals surface area (Å²) in [4.78, 5) is 11.8. The predicted octanol–water partition coefficient (Wildman–Crippen LogP) is 2.04. The number of benzene rings is 1. The van der Waals surface area contributed by atoms with Gasteiger partial charge in [0.1, 0.15) is 5.57 Å². The number of fused-ring (bicyclic) bond motifs is 1. The van der Waals surface area contributed by atoms with E-state index in [-0.39, 0.29) is 5.91 Å². The van der Waals surface area contributed by atoms with Crippen LogP contribution in [0.4, 0.5) is 0 Å². The summed E-state index contributed by atoms with van der Waals surface area (Å²) >= 11 is 0. The molecule has 0 atom stereocenters. The smallest absolute Gasteiger partial charge is 0.277 e. The Bertz CT molecular complexity index is 741. The molecule has 5 heteroatoms. The lowest BCUT2D eigenvalue weighted by Crippen LogP contribution is -2.14. The third-order valence-electron chi connectivity index (χ3n) is 3.24. The van der Waals surface area contributed by atoms with E-state index in [1.807, 2.05) is 55.1 Å². The second-order valence-corrected chi connectivity index (χ2v) is 4.56. The Morgan fingerprint density at radius 1 is 1.40 bits per heavy atom. The van der Waals surface area contributed by atoms with Crippen molar-refractivity contribution >= 4 is 28.8 Å². The van der Waals surface area contributed by atoms with Crippen LogP contribution in [0.1, 0.15) is 12.5 Å². The molecule has 0 bridgehead atoms. The van der Waals surface area contributed by atoms with Crippen LogP contribution in [0.25, 0.3) is 17.0 Å². The van der Waals surface area contributed by atoms with Crippen molar-refractivity contribution in [1.82, 2.24) is 9.99 Å². The van der Waals surface area contributed by atoms with Gasteiger partial charge < -0.3 is 9.30 Å². The minimum Gasteiger partial charge on any atom is -0.476 e. The number of para-hydroxylation sites is 1. The van der Waals surface area contributed by atoms with Gasteiger partial charge in [0.05, 0.1) is 6.61 Å². The van der Waals surface area contributed by atoms with E-state index < -0.39 is 0 Å². The zero-order chi connectivity index (χ0) is 14.1. The molecule has 0 radical (unpaired) electrons. The molecular weight excluding hydrogens is 254 g/mol. The number of aryl methyl sites for hydroxylation is 1. The summed E-state index contributed by atoms with van der Waals surface area (Å²) in [5.74, 6) is 0.117. The highest BCUT2D eigenvalue weighted by Gasteiger charge is 2.24. The zero-order valence-corrected chi connectivity index (χ0v) is 11.4. The Labute approximate surface area is 116 Å². The van der Waals surface area contributed by atoms with Crippen molar-refractivity contribution < 1.29 is 9.53 Å². The van der Waals surface area contributed by atoms with E-state index >= 15 is 0 Å². The Morgan fingerprint density at radius 2 is 2.20 bits per heavy atom. The highest BCUT2D eigenvalue weighted by molar-refractivity contribution is 6.25. The van der Waals surface area contributed by atoms with E-state index in [4.69, 9.17) is 4.74 Å². The number of nitrogens with zero attached hydrogens (tertiary/aromatic N) is 2. The van der Waals surface area contributed by atoms with Gasteiger partial charge in [-0.25, -0.2) is 5.43 Å². The Balaban J connectivity index is 2.10. The number of carbonyl (C=O) groups is 1. The predicted molar refractivity (Wildman–Crippen MR) is 78.1 cm³/mol. The van der Waals surface area contributed by atoms with Crippen LogP contribution in [0.3, 0.4) is 0 Å². The second-order valence-electron chi connectivity index (χ2n) is 4.56. The molecule has 2 aromatic rings. The first-order valence-electron chi connectivity index (χ1n) is 6.47. The Morgan fingerprint density at radius 3 is 3.00 bits per heavy atom. The molecule has 1 aromatic carbocycles. The van der Waals surface area contributed by atoms with E-state index in [9.17, 15) is 4.79 Å². The van der Waals surface area contributed by atoms with Crippen molar-refractivity contribution in [2.75, 3.05) is 6.61 Å². The summed E-state index contributed by atoms with van der Waals surface area (Å²) in [6.07, 6.45) is 3.81. The summed E-state index contributed by atoms with van der Waals surface area (Å²) in [5.41, 5.74) is 4.98. The molecule has 0 saturated carbocycles. The number of hydrogen-bond acceptors (Lipinski definition) is 3. The average Bonchev–Trinajstić information content (AvgIpc) is 2.95. The molecule has 3 rings (SSSR count). The van der Waals surface area contributed by atoms with Gasteiger partial charge in [-0.2, -0.15) is 0 Å². The molecule has 5 nitrogen and oxygen atoms in total. The van der Waals surface area contributed by atoms with Gasteiger partial charge in [0.25, 0.3) is 5.91 Å². The van der Waals surface area contributed by atoms with Crippen LogP contribution >= 0.6 is 0 Å². The number of hydrazone groups is 1. The number of ether oxygens (including phenoxy) is 1. The fraction of sp³-hybridized carbons (Fsp3) is 0.200. The van der Waals surface area contributed by atoms with E-state index in [2.05, 4.69) is 10.5 Å². The number of nitrogens with one attached hydrogen (secondary N) is 1. The Hall–Kier alpha value is -2.56. The first-order valence-corrected chi connectivity index (χ1v) is 6.47. The maximum Gasteiger partial charge on any atom is 0.277 e. The Kier molecular flexibility index (Phi) is 3.02. The molecule has 20 heavy (non-hydrogen) atoms. The highest BCUT2D eigenvalue weighted by Crippen LogP contribution is 2.23. The van der Waals surface area contributed by atoms with Crippen molar-refractivity contribution in [3.63, 3.8) is 0 Å². The van der Waals surface area contributed by atoms with Crippen LogP contribution in [-0.4, -0.2) is 23.0 Å². The second kappa shape index (κ2) is 4.85. The minimum absolute atomic E-state index is 0.235. The van der Waals surface area contributed by atoms with Gasteiger partial charge in [-0.15, -0.1) is 5.10 Å². The topological polar surface area (TPSA) is 55.6 Å². The first-order chi connectivity index (χ1) is 9.70. The molecule has 0 fully saturated rings. The summed E-state index contributed by atoms with van der Waals surface area (Å²) in [7, 11) is 1.98. The van der Waals surface area contributed by atoms with E-state index in [1.165, 1.54) is 0 Å². The normalized spacial score (nSPS) is 16.6. The van der Waals surface area contributed by atoms with Gasteiger partial charge in [0, 0.05) is 29.7 Å².